The zero-order valence-electron chi connectivity index (χ0n) is 61.4. The van der Waals surface area contributed by atoms with Gasteiger partial charge in [0.05, 0.1) is 69.2 Å². The Kier molecular flexibility index (Phi) is 24.8. The predicted octanol–water partition coefficient (Wildman–Crippen LogP) is 17.8. The summed E-state index contributed by atoms with van der Waals surface area (Å²) in [5.41, 5.74) is 10.4. The Balaban J connectivity index is 0.000000140. The summed E-state index contributed by atoms with van der Waals surface area (Å²) in [5.74, 6) is 5.53. The first-order valence-electron chi connectivity index (χ1n) is 37.9. The highest BCUT2D eigenvalue weighted by Crippen LogP contribution is 2.38. The van der Waals surface area contributed by atoms with Gasteiger partial charge in [0.25, 0.3) is 0 Å². The van der Waals surface area contributed by atoms with Crippen molar-refractivity contribution >= 4 is 35.4 Å². The van der Waals surface area contributed by atoms with Gasteiger partial charge in [0, 0.05) is 73.7 Å². The number of aryl methyl sites for hydroxylation is 3. The number of carbonyl (C=O) groups excluding carboxylic acids is 3. The summed E-state index contributed by atoms with van der Waals surface area (Å²) in [6, 6.07) is 24.3. The zero-order chi connectivity index (χ0) is 72.6. The number of rotatable bonds is 21. The lowest BCUT2D eigenvalue weighted by Crippen LogP contribution is -2.35. The van der Waals surface area contributed by atoms with Gasteiger partial charge in [-0.05, 0) is 225 Å². The van der Waals surface area contributed by atoms with Crippen molar-refractivity contribution in [2.24, 2.45) is 64.1 Å². The lowest BCUT2D eigenvalue weighted by Gasteiger charge is -2.29. The summed E-state index contributed by atoms with van der Waals surface area (Å²) in [5, 5.41) is 48.2. The smallest absolute Gasteiger partial charge is 0.410 e. The van der Waals surface area contributed by atoms with Crippen LogP contribution in [0, 0.1) is 38.5 Å². The monoisotopic (exact) mass is 1440 g/mol. The summed E-state index contributed by atoms with van der Waals surface area (Å²) < 4.78 is 52.5. The molecule has 6 atom stereocenters. The van der Waals surface area contributed by atoms with Crippen molar-refractivity contribution < 1.29 is 56.4 Å². The SMILES string of the molecule is Cc1noc(-c2ccc(OC3CCCC(C4=NN=NC4)C3)cc2)c1COC(=O)N(C)C1CCCC1.Cc1noc(-c2ccc(OC3CCCC(C4=NN=NC4)C3)cc2)c1COC(=O)N(C)C1CCCC1.Cc1noc(-c2ccc(OC3CCCC(C4=NN=NC4)C3)cc2)c1COC(=O)N(C)C1CCCC1. The van der Waals surface area contributed by atoms with Crippen molar-refractivity contribution in [2.75, 3.05) is 40.8 Å². The van der Waals surface area contributed by atoms with E-state index in [1.54, 1.807) is 14.7 Å². The molecule has 3 amide bonds. The van der Waals surface area contributed by atoms with E-state index >= 15 is 0 Å². The highest BCUT2D eigenvalue weighted by molar-refractivity contribution is 5.90. The van der Waals surface area contributed by atoms with Gasteiger partial charge in [-0.25, -0.2) is 14.4 Å². The van der Waals surface area contributed by atoms with Crippen molar-refractivity contribution in [1.82, 2.24) is 30.2 Å². The minimum Gasteiger partial charge on any atom is -0.490 e. The molecule has 6 heterocycles. The van der Waals surface area contributed by atoms with Crippen LogP contribution in [0.2, 0.25) is 0 Å². The van der Waals surface area contributed by atoms with Crippen LogP contribution in [-0.4, -0.2) is 143 Å². The number of benzene rings is 3. The first-order chi connectivity index (χ1) is 51.2. The second-order valence-corrected chi connectivity index (χ2v) is 29.4. The van der Waals surface area contributed by atoms with Crippen LogP contribution < -0.4 is 14.2 Å². The van der Waals surface area contributed by atoms with E-state index in [4.69, 9.17) is 42.0 Å². The van der Waals surface area contributed by atoms with Crippen molar-refractivity contribution in [3.63, 3.8) is 0 Å². The molecular weight excluding hydrogens is 1340 g/mol. The van der Waals surface area contributed by atoms with Crippen LogP contribution in [0.15, 0.2) is 133 Å². The fourth-order valence-electron chi connectivity index (χ4n) is 16.0. The molecule has 6 unspecified atom stereocenters. The molecule has 6 fully saturated rings. The van der Waals surface area contributed by atoms with E-state index in [1.165, 1.54) is 38.5 Å². The average Bonchev–Trinajstić information content (AvgIpc) is 1.76. The Morgan fingerprint density at radius 3 is 0.886 bits per heavy atom. The van der Waals surface area contributed by atoms with Crippen LogP contribution in [-0.2, 0) is 34.0 Å². The Morgan fingerprint density at radius 1 is 0.371 bits per heavy atom. The number of hydrogen-bond donors (Lipinski definition) is 0. The molecule has 3 aliphatic heterocycles. The molecule has 3 aromatic heterocycles. The number of nitrogens with zero attached hydrogens (tertiary/aromatic N) is 15. The Bertz CT molecular complexity index is 3680. The molecule has 27 nitrogen and oxygen atoms in total. The summed E-state index contributed by atoms with van der Waals surface area (Å²) >= 11 is 0. The van der Waals surface area contributed by atoms with Crippen LogP contribution in [0.4, 0.5) is 14.4 Å². The summed E-state index contributed by atoms with van der Waals surface area (Å²) in [6.07, 6.45) is 25.4. The standard InChI is InChI=1S/3C26H33N5O4/c3*1-17-23(16-33-26(32)31(2)20-7-3-4-8-20)25(35-29-17)18-10-12-21(13-11-18)34-22-9-5-6-19(14-22)24-15-27-30-28-24/h3*10-13,19-20,22H,3-9,14-16H2,1-2H3. The summed E-state index contributed by atoms with van der Waals surface area (Å²) in [4.78, 5) is 42.8. The molecule has 9 aliphatic rings. The Labute approximate surface area is 613 Å². The normalized spacial score (nSPS) is 22.3. The average molecular weight is 1440 g/mol. The summed E-state index contributed by atoms with van der Waals surface area (Å²) in [7, 11) is 5.45. The maximum absolute atomic E-state index is 12.5. The lowest BCUT2D eigenvalue weighted by molar-refractivity contribution is 0.0910. The van der Waals surface area contributed by atoms with Gasteiger partial charge in [-0.3, -0.25) is 0 Å². The molecule has 6 aliphatic carbocycles. The van der Waals surface area contributed by atoms with Gasteiger partial charge < -0.3 is 56.7 Å². The third-order valence-electron chi connectivity index (χ3n) is 22.4. The number of ether oxygens (including phenoxy) is 6. The lowest BCUT2D eigenvalue weighted by atomic mass is 9.84. The van der Waals surface area contributed by atoms with Gasteiger partial charge in [-0.15, -0.1) is 15.3 Å². The van der Waals surface area contributed by atoms with Gasteiger partial charge in [-0.2, -0.15) is 15.3 Å². The Morgan fingerprint density at radius 2 is 0.638 bits per heavy atom. The van der Waals surface area contributed by atoms with E-state index in [-0.39, 0.29) is 74.5 Å². The van der Waals surface area contributed by atoms with E-state index in [2.05, 4.69) is 61.8 Å². The van der Waals surface area contributed by atoms with E-state index < -0.39 is 0 Å². The molecule has 27 heteroatoms. The molecule has 0 N–H and O–H groups in total. The minimum atomic E-state index is -0.302. The van der Waals surface area contributed by atoms with Crippen molar-refractivity contribution in [3.8, 4) is 51.2 Å². The van der Waals surface area contributed by atoms with Gasteiger partial charge in [-0.1, -0.05) is 54.0 Å². The highest BCUT2D eigenvalue weighted by Gasteiger charge is 2.34. The molecule has 0 radical (unpaired) electrons. The van der Waals surface area contributed by atoms with Crippen molar-refractivity contribution in [2.45, 2.75) is 231 Å². The van der Waals surface area contributed by atoms with E-state index in [9.17, 15) is 14.4 Å². The minimum absolute atomic E-state index is 0.130. The zero-order valence-corrected chi connectivity index (χ0v) is 61.4. The van der Waals surface area contributed by atoms with Crippen LogP contribution in [0.25, 0.3) is 34.0 Å². The molecule has 105 heavy (non-hydrogen) atoms. The first-order valence-corrected chi connectivity index (χ1v) is 37.9. The van der Waals surface area contributed by atoms with Crippen molar-refractivity contribution in [3.05, 3.63) is 107 Å². The van der Waals surface area contributed by atoms with Crippen LogP contribution in [0.3, 0.4) is 0 Å². The maximum atomic E-state index is 12.5. The molecule has 0 spiro atoms. The molecule has 15 rings (SSSR count). The topological polar surface area (TPSA) is 306 Å². The number of aromatic nitrogens is 3. The van der Waals surface area contributed by atoms with Crippen LogP contribution in [0.5, 0.6) is 17.2 Å². The molecule has 6 aromatic rings. The van der Waals surface area contributed by atoms with Gasteiger partial charge in [0.2, 0.25) is 0 Å². The molecule has 3 aromatic carbocycles. The molecular formula is C78H99N15O12. The second-order valence-electron chi connectivity index (χ2n) is 29.4. The summed E-state index contributed by atoms with van der Waals surface area (Å²) in [6.45, 7) is 7.85. The van der Waals surface area contributed by atoms with Gasteiger partial charge in [0.15, 0.2) is 17.3 Å². The molecule has 0 saturated heterocycles. The fourth-order valence-corrected chi connectivity index (χ4v) is 16.0. The van der Waals surface area contributed by atoms with E-state index in [0.29, 0.717) is 54.7 Å². The highest BCUT2D eigenvalue weighted by atomic mass is 16.6. The Hall–Kier alpha value is -9.69. The molecule has 0 bridgehead atoms. The third kappa shape index (κ3) is 18.9. The number of hydrogen-bond acceptors (Lipinski definition) is 24. The van der Waals surface area contributed by atoms with Crippen molar-refractivity contribution in [1.29, 1.82) is 0 Å². The molecule has 6 saturated carbocycles. The van der Waals surface area contributed by atoms with Crippen LogP contribution in [0.1, 0.15) is 188 Å². The maximum Gasteiger partial charge on any atom is 0.410 e. The van der Waals surface area contributed by atoms with E-state index in [1.807, 2.05) is 115 Å². The predicted molar refractivity (Wildman–Crippen MR) is 391 cm³/mol. The largest absolute Gasteiger partial charge is 0.490 e. The third-order valence-corrected chi connectivity index (χ3v) is 22.4. The number of carbonyl (C=O) groups is 3. The number of amides is 3. The van der Waals surface area contributed by atoms with Gasteiger partial charge >= 0.3 is 18.3 Å². The quantitative estimate of drug-likeness (QED) is 0.0605. The van der Waals surface area contributed by atoms with Crippen LogP contribution >= 0.6 is 0 Å². The second kappa shape index (κ2) is 35.4. The fraction of sp³-hybridized carbons (Fsp3) is 0.577. The van der Waals surface area contributed by atoms with E-state index in [0.717, 1.165) is 200 Å². The first kappa shape index (κ1) is 73.6. The molecule has 558 valence electrons. The van der Waals surface area contributed by atoms with Gasteiger partial charge in [0.1, 0.15) is 56.7 Å².